The van der Waals surface area contributed by atoms with Crippen LogP contribution in [0.1, 0.15) is 55.7 Å². The van der Waals surface area contributed by atoms with Crippen LogP contribution in [-0.2, 0) is 26.2 Å². The molecule has 208 valence electrons. The summed E-state index contributed by atoms with van der Waals surface area (Å²) in [5.74, 6) is -0.341. The molecule has 0 saturated heterocycles. The summed E-state index contributed by atoms with van der Waals surface area (Å²) in [7, 11) is -4.19. The van der Waals surface area contributed by atoms with Crippen LogP contribution in [0.25, 0.3) is 0 Å². The fraction of sp³-hybridized carbons (Fsp3) is 0.407. The molecule has 2 heterocycles. The second kappa shape index (κ2) is 11.8. The van der Waals surface area contributed by atoms with Crippen LogP contribution in [-0.4, -0.2) is 43.2 Å². The Morgan fingerprint density at radius 2 is 1.87 bits per heavy atom. The van der Waals surface area contributed by atoms with Crippen LogP contribution < -0.4 is 20.7 Å². The number of ether oxygens (including phenoxy) is 1. The Hall–Kier alpha value is -2.79. The van der Waals surface area contributed by atoms with Gasteiger partial charge in [0.15, 0.2) is 0 Å². The van der Waals surface area contributed by atoms with Gasteiger partial charge in [0.2, 0.25) is 11.8 Å². The zero-order valence-electron chi connectivity index (χ0n) is 21.2. The van der Waals surface area contributed by atoms with Crippen molar-refractivity contribution in [2.75, 3.05) is 6.61 Å². The fourth-order valence-corrected chi connectivity index (χ4v) is 7.05. The van der Waals surface area contributed by atoms with Gasteiger partial charge >= 0.3 is 0 Å². The Balaban J connectivity index is 1.27. The maximum absolute atomic E-state index is 13.4. The molecule has 1 aliphatic carbocycles. The first-order valence-electron chi connectivity index (χ1n) is 13.0. The van der Waals surface area contributed by atoms with Gasteiger partial charge in [-0.1, -0.05) is 48.2 Å². The van der Waals surface area contributed by atoms with Crippen molar-refractivity contribution in [3.05, 3.63) is 70.0 Å². The van der Waals surface area contributed by atoms with Gasteiger partial charge in [0.1, 0.15) is 11.8 Å². The van der Waals surface area contributed by atoms with Crippen molar-refractivity contribution in [2.45, 2.75) is 68.1 Å². The second-order valence-corrected chi connectivity index (χ2v) is 12.6. The predicted octanol–water partition coefficient (Wildman–Crippen LogP) is 4.02. The van der Waals surface area contributed by atoms with E-state index in [2.05, 4.69) is 16.0 Å². The number of sulfonamides is 1. The number of halogens is 2. The van der Waals surface area contributed by atoms with Crippen LogP contribution >= 0.6 is 23.2 Å². The van der Waals surface area contributed by atoms with Gasteiger partial charge in [-0.25, -0.2) is 8.42 Å². The van der Waals surface area contributed by atoms with Gasteiger partial charge in [-0.05, 0) is 42.7 Å². The highest BCUT2D eigenvalue weighted by Gasteiger charge is 2.38. The number of carbonyl (C=O) groups excluding carboxylic acids is 2. The third-order valence-electron chi connectivity index (χ3n) is 7.30. The smallest absolute Gasteiger partial charge is 0.264 e. The molecule has 5 rings (SSSR count). The highest BCUT2D eigenvalue weighted by atomic mass is 35.5. The summed E-state index contributed by atoms with van der Waals surface area (Å²) >= 11 is 12.0. The second-order valence-electron chi connectivity index (χ2n) is 9.95. The van der Waals surface area contributed by atoms with Crippen molar-refractivity contribution >= 4 is 45.0 Å². The number of hydrogen-bond acceptors (Lipinski definition) is 6. The van der Waals surface area contributed by atoms with E-state index in [1.807, 2.05) is 18.2 Å². The Morgan fingerprint density at radius 1 is 1.08 bits per heavy atom. The van der Waals surface area contributed by atoms with Gasteiger partial charge in [0.25, 0.3) is 10.0 Å². The number of carbonyl (C=O) groups is 2. The molecule has 2 aromatic carbocycles. The first kappa shape index (κ1) is 27.8. The molecule has 2 aliphatic heterocycles. The summed E-state index contributed by atoms with van der Waals surface area (Å²) in [5, 5.41) is 9.32. The molecular weight excluding hydrogens is 563 g/mol. The summed E-state index contributed by atoms with van der Waals surface area (Å²) in [6.07, 6.45) is 7.58. The number of fused-ring (bicyclic) bond motifs is 1. The van der Waals surface area contributed by atoms with Crippen LogP contribution in [0.15, 0.2) is 53.7 Å². The molecule has 12 heteroatoms. The first-order valence-corrected chi connectivity index (χ1v) is 15.2. The molecular formula is C27H30Cl2N4O5S. The van der Waals surface area contributed by atoms with Crippen LogP contribution in [0.3, 0.4) is 0 Å². The molecule has 0 spiro atoms. The van der Waals surface area contributed by atoms with Gasteiger partial charge in [-0.15, -0.1) is 0 Å². The number of nitrogens with zero attached hydrogens (tertiary/aromatic N) is 1. The predicted molar refractivity (Wildman–Crippen MR) is 148 cm³/mol. The molecule has 9 nitrogen and oxygen atoms in total. The van der Waals surface area contributed by atoms with E-state index < -0.39 is 27.9 Å². The highest BCUT2D eigenvalue weighted by Crippen LogP contribution is 2.34. The largest absolute Gasteiger partial charge is 0.493 e. The monoisotopic (exact) mass is 592 g/mol. The lowest BCUT2D eigenvalue weighted by atomic mass is 9.98. The van der Waals surface area contributed by atoms with Gasteiger partial charge < -0.3 is 20.7 Å². The van der Waals surface area contributed by atoms with Crippen LogP contribution in [0.4, 0.5) is 0 Å². The number of nitrogens with one attached hydrogen (secondary N) is 3. The summed E-state index contributed by atoms with van der Waals surface area (Å²) in [6.45, 7) is 1.19. The molecule has 3 N–H and O–H groups in total. The van der Waals surface area contributed by atoms with Crippen molar-refractivity contribution in [3.63, 3.8) is 0 Å². The van der Waals surface area contributed by atoms with Crippen molar-refractivity contribution in [2.24, 2.45) is 0 Å². The Morgan fingerprint density at radius 3 is 2.64 bits per heavy atom. The summed E-state index contributed by atoms with van der Waals surface area (Å²) in [5.41, 5.74) is 1.97. The molecule has 2 amide bonds. The number of benzene rings is 2. The van der Waals surface area contributed by atoms with Crippen molar-refractivity contribution < 1.29 is 22.7 Å². The zero-order chi connectivity index (χ0) is 27.6. The standard InChI is InChI=1S/C27H30Cl2N4O5S/c28-21-8-6-19(14-22(21)29)39(36,37)33-11-10-30-27(35)24(33)15-26(34)32-23-9-12-38-25-13-17(5-7-20(23)25)16-31-18-3-1-2-4-18/h5-8,10-11,13-14,18,23-24,31H,1-4,9,12,15-16H2,(H,30,35)(H,32,34)/t23-,24-/m1/s1. The number of rotatable bonds is 8. The Labute approximate surface area is 237 Å². The third kappa shape index (κ3) is 6.19. The van der Waals surface area contributed by atoms with Crippen LogP contribution in [0.5, 0.6) is 5.75 Å². The normalized spacial score (nSPS) is 21.3. The minimum absolute atomic E-state index is 0.0631. The van der Waals surface area contributed by atoms with E-state index >= 15 is 0 Å². The average Bonchev–Trinajstić information content (AvgIpc) is 3.44. The third-order valence-corrected chi connectivity index (χ3v) is 9.82. The molecule has 3 aliphatic rings. The lowest BCUT2D eigenvalue weighted by molar-refractivity contribution is -0.129. The van der Waals surface area contributed by atoms with E-state index in [0.717, 1.165) is 27.7 Å². The van der Waals surface area contributed by atoms with Crippen molar-refractivity contribution in [1.82, 2.24) is 20.3 Å². The lowest BCUT2D eigenvalue weighted by Gasteiger charge is -2.32. The average molecular weight is 594 g/mol. The quantitative estimate of drug-likeness (QED) is 0.426. The molecule has 2 aromatic rings. The van der Waals surface area contributed by atoms with E-state index in [9.17, 15) is 18.0 Å². The summed E-state index contributed by atoms with van der Waals surface area (Å²) < 4.78 is 33.5. The number of hydrogen-bond donors (Lipinski definition) is 3. The molecule has 1 fully saturated rings. The molecule has 0 bridgehead atoms. The molecule has 0 radical (unpaired) electrons. The maximum atomic E-state index is 13.4. The van der Waals surface area contributed by atoms with Crippen LogP contribution in [0.2, 0.25) is 10.0 Å². The minimum atomic E-state index is -4.19. The Bertz CT molecular complexity index is 1390. The van der Waals surface area contributed by atoms with Gasteiger partial charge in [0.05, 0.1) is 34.0 Å². The first-order chi connectivity index (χ1) is 18.7. The van der Waals surface area contributed by atoms with Gasteiger partial charge in [-0.3, -0.25) is 13.9 Å². The van der Waals surface area contributed by atoms with Gasteiger partial charge in [0, 0.05) is 37.0 Å². The van der Waals surface area contributed by atoms with E-state index in [4.69, 9.17) is 27.9 Å². The van der Waals surface area contributed by atoms with E-state index in [0.29, 0.717) is 19.1 Å². The lowest BCUT2D eigenvalue weighted by Crippen LogP contribution is -2.51. The van der Waals surface area contributed by atoms with E-state index in [-0.39, 0.29) is 27.4 Å². The molecule has 0 unspecified atom stereocenters. The maximum Gasteiger partial charge on any atom is 0.264 e. The van der Waals surface area contributed by atoms with Crippen molar-refractivity contribution in [1.29, 1.82) is 0 Å². The highest BCUT2D eigenvalue weighted by molar-refractivity contribution is 7.89. The summed E-state index contributed by atoms with van der Waals surface area (Å²) in [6, 6.07) is 8.83. The molecule has 2 atom stereocenters. The van der Waals surface area contributed by atoms with E-state index in [1.165, 1.54) is 56.3 Å². The minimum Gasteiger partial charge on any atom is -0.493 e. The fourth-order valence-electron chi connectivity index (χ4n) is 5.21. The SMILES string of the molecule is O=C(C[C@@H]1C(=O)NC=CN1S(=O)(=O)c1ccc(Cl)c(Cl)c1)N[C@@H]1CCOc2cc(CNC3CCCC3)ccc21. The molecule has 0 aromatic heterocycles. The van der Waals surface area contributed by atoms with Crippen molar-refractivity contribution in [3.8, 4) is 5.75 Å². The van der Waals surface area contributed by atoms with Crippen LogP contribution in [0, 0.1) is 0 Å². The van der Waals surface area contributed by atoms with Gasteiger partial charge in [-0.2, -0.15) is 0 Å². The zero-order valence-corrected chi connectivity index (χ0v) is 23.5. The molecule has 39 heavy (non-hydrogen) atoms. The number of amides is 2. The Kier molecular flexibility index (Phi) is 8.37. The molecule has 1 saturated carbocycles. The van der Waals surface area contributed by atoms with E-state index in [1.54, 1.807) is 0 Å². The topological polar surface area (TPSA) is 117 Å². The summed E-state index contributed by atoms with van der Waals surface area (Å²) in [4.78, 5) is 25.7.